The number of nitrogens with one attached hydrogen (secondary N) is 1. The molecular formula is C22H23FN2O. The molecule has 1 N–H and O–H groups in total. The number of hydrogen-bond donors (Lipinski definition) is 1. The molecule has 0 spiro atoms. The molecule has 0 saturated heterocycles. The molecule has 1 aliphatic rings. The van der Waals surface area contributed by atoms with E-state index in [2.05, 4.69) is 23.2 Å². The van der Waals surface area contributed by atoms with Gasteiger partial charge in [0.15, 0.2) is 0 Å². The van der Waals surface area contributed by atoms with Gasteiger partial charge in [0.05, 0.1) is 12.5 Å². The first-order valence-corrected chi connectivity index (χ1v) is 9.15. The molecule has 2 aromatic carbocycles. The Morgan fingerprint density at radius 3 is 2.92 bits per heavy atom. The predicted octanol–water partition coefficient (Wildman–Crippen LogP) is 4.69. The lowest BCUT2D eigenvalue weighted by Gasteiger charge is -2.33. The summed E-state index contributed by atoms with van der Waals surface area (Å²) in [5.41, 5.74) is 5.29. The van der Waals surface area contributed by atoms with Gasteiger partial charge < -0.3 is 9.88 Å². The third kappa shape index (κ3) is 2.90. The van der Waals surface area contributed by atoms with E-state index in [0.717, 1.165) is 41.4 Å². The highest BCUT2D eigenvalue weighted by Gasteiger charge is 2.27. The van der Waals surface area contributed by atoms with Crippen molar-refractivity contribution < 1.29 is 9.18 Å². The second kappa shape index (κ2) is 6.60. The van der Waals surface area contributed by atoms with E-state index < -0.39 is 0 Å². The van der Waals surface area contributed by atoms with Crippen molar-refractivity contribution in [1.29, 1.82) is 0 Å². The number of aromatic amines is 1. The monoisotopic (exact) mass is 350 g/mol. The van der Waals surface area contributed by atoms with Crippen LogP contribution in [0.25, 0.3) is 10.9 Å². The second-order valence-electron chi connectivity index (χ2n) is 7.21. The molecule has 1 amide bonds. The quantitative estimate of drug-likeness (QED) is 0.731. The molecule has 0 bridgehead atoms. The van der Waals surface area contributed by atoms with Crippen LogP contribution in [0.5, 0.6) is 0 Å². The lowest BCUT2D eigenvalue weighted by atomic mass is 9.87. The van der Waals surface area contributed by atoms with Gasteiger partial charge in [-0.3, -0.25) is 4.79 Å². The van der Waals surface area contributed by atoms with E-state index in [1.807, 2.05) is 24.9 Å². The zero-order chi connectivity index (χ0) is 18.3. The molecule has 3 nitrogen and oxygen atoms in total. The summed E-state index contributed by atoms with van der Waals surface area (Å²) in [5, 5.41) is 0.799. The molecule has 0 saturated carbocycles. The summed E-state index contributed by atoms with van der Waals surface area (Å²) in [6.45, 7) is 1.94. The molecule has 1 heterocycles. The Bertz CT molecular complexity index is 975. The maximum absolute atomic E-state index is 13.7. The van der Waals surface area contributed by atoms with Gasteiger partial charge in [0, 0.05) is 23.6 Å². The molecule has 4 heteroatoms. The number of carbonyl (C=O) groups is 1. The van der Waals surface area contributed by atoms with Gasteiger partial charge >= 0.3 is 0 Å². The number of aromatic nitrogens is 1. The van der Waals surface area contributed by atoms with Crippen LogP contribution < -0.4 is 0 Å². The lowest BCUT2D eigenvalue weighted by molar-refractivity contribution is -0.131. The van der Waals surface area contributed by atoms with E-state index in [0.29, 0.717) is 0 Å². The summed E-state index contributed by atoms with van der Waals surface area (Å²) in [7, 11) is 1.89. The van der Waals surface area contributed by atoms with E-state index in [9.17, 15) is 9.18 Å². The molecule has 1 atom stereocenters. The number of carbonyl (C=O) groups excluding carboxylic acids is 1. The molecule has 3 aromatic rings. The van der Waals surface area contributed by atoms with Gasteiger partial charge in [0.25, 0.3) is 0 Å². The maximum atomic E-state index is 13.7. The van der Waals surface area contributed by atoms with Crippen LogP contribution in [0.4, 0.5) is 4.39 Å². The van der Waals surface area contributed by atoms with Crippen LogP contribution in [0.15, 0.2) is 42.5 Å². The van der Waals surface area contributed by atoms with Crippen LogP contribution in [0.2, 0.25) is 0 Å². The minimum Gasteiger partial charge on any atom is -0.358 e. The van der Waals surface area contributed by atoms with Crippen molar-refractivity contribution in [2.45, 2.75) is 38.6 Å². The summed E-state index contributed by atoms with van der Waals surface area (Å²) in [4.78, 5) is 18.1. The molecule has 0 radical (unpaired) electrons. The Labute approximate surface area is 152 Å². The Hall–Kier alpha value is -2.62. The van der Waals surface area contributed by atoms with Gasteiger partial charge in [-0.15, -0.1) is 0 Å². The molecule has 1 aliphatic carbocycles. The van der Waals surface area contributed by atoms with Crippen LogP contribution in [0.3, 0.4) is 0 Å². The number of benzene rings is 2. The molecular weight excluding hydrogens is 327 g/mol. The number of aryl methyl sites for hydroxylation is 2. The standard InChI is InChI=1S/C22H23FN2O/c1-14-18(19-12-16(23)10-11-20(19)24-14)13-22(26)25(2)21-9-5-7-15-6-3-4-8-17(15)21/h3-4,6,8,10-12,21,24H,5,7,9,13H2,1-2H3. The van der Waals surface area contributed by atoms with E-state index in [1.165, 1.54) is 23.3 Å². The number of fused-ring (bicyclic) bond motifs is 2. The van der Waals surface area contributed by atoms with Crippen LogP contribution in [0, 0.1) is 12.7 Å². The van der Waals surface area contributed by atoms with Crippen molar-refractivity contribution in [3.63, 3.8) is 0 Å². The van der Waals surface area contributed by atoms with Crippen molar-refractivity contribution in [1.82, 2.24) is 9.88 Å². The SMILES string of the molecule is Cc1[nH]c2ccc(F)cc2c1CC(=O)N(C)C1CCCc2ccccc21. The van der Waals surface area contributed by atoms with Crippen LogP contribution in [-0.4, -0.2) is 22.8 Å². The van der Waals surface area contributed by atoms with Crippen molar-refractivity contribution in [2.24, 2.45) is 0 Å². The number of nitrogens with zero attached hydrogens (tertiary/aromatic N) is 1. The largest absolute Gasteiger partial charge is 0.358 e. The number of likely N-dealkylation sites (N-methyl/N-ethyl adjacent to an activating group) is 1. The third-order valence-electron chi connectivity index (χ3n) is 5.61. The first kappa shape index (κ1) is 16.8. The van der Waals surface area contributed by atoms with Crippen LogP contribution in [-0.2, 0) is 17.6 Å². The number of amides is 1. The van der Waals surface area contributed by atoms with Crippen LogP contribution in [0.1, 0.15) is 41.3 Å². The van der Waals surface area contributed by atoms with Crippen molar-refractivity contribution in [3.8, 4) is 0 Å². The Balaban J connectivity index is 1.61. The highest BCUT2D eigenvalue weighted by atomic mass is 19.1. The summed E-state index contributed by atoms with van der Waals surface area (Å²) in [6, 6.07) is 13.2. The van der Waals surface area contributed by atoms with Crippen molar-refractivity contribution in [2.75, 3.05) is 7.05 Å². The van der Waals surface area contributed by atoms with E-state index >= 15 is 0 Å². The average molecular weight is 350 g/mol. The molecule has 0 fully saturated rings. The van der Waals surface area contributed by atoms with Crippen LogP contribution >= 0.6 is 0 Å². The molecule has 1 unspecified atom stereocenters. The van der Waals surface area contributed by atoms with Gasteiger partial charge in [-0.1, -0.05) is 24.3 Å². The van der Waals surface area contributed by atoms with Gasteiger partial charge in [-0.2, -0.15) is 0 Å². The minimum atomic E-state index is -0.278. The van der Waals surface area contributed by atoms with Gasteiger partial charge in [-0.25, -0.2) is 4.39 Å². The topological polar surface area (TPSA) is 36.1 Å². The summed E-state index contributed by atoms with van der Waals surface area (Å²) in [6.07, 6.45) is 3.44. The normalized spacial score (nSPS) is 16.5. The Kier molecular flexibility index (Phi) is 4.27. The smallest absolute Gasteiger partial charge is 0.227 e. The molecule has 26 heavy (non-hydrogen) atoms. The summed E-state index contributed by atoms with van der Waals surface area (Å²) < 4.78 is 13.7. The fourth-order valence-corrected chi connectivity index (χ4v) is 4.16. The number of H-pyrrole nitrogens is 1. The highest BCUT2D eigenvalue weighted by Crippen LogP contribution is 2.34. The number of hydrogen-bond acceptors (Lipinski definition) is 1. The zero-order valence-electron chi connectivity index (χ0n) is 15.2. The minimum absolute atomic E-state index is 0.0694. The Morgan fingerprint density at radius 1 is 1.27 bits per heavy atom. The molecule has 134 valence electrons. The highest BCUT2D eigenvalue weighted by molar-refractivity contribution is 5.90. The maximum Gasteiger partial charge on any atom is 0.227 e. The van der Waals surface area contributed by atoms with Gasteiger partial charge in [0.1, 0.15) is 5.82 Å². The average Bonchev–Trinajstić information content (AvgIpc) is 2.95. The fourth-order valence-electron chi connectivity index (χ4n) is 4.16. The van der Waals surface area contributed by atoms with E-state index in [-0.39, 0.29) is 24.2 Å². The molecule has 4 rings (SSSR count). The number of halogens is 1. The predicted molar refractivity (Wildman–Crippen MR) is 102 cm³/mol. The first-order valence-electron chi connectivity index (χ1n) is 9.15. The van der Waals surface area contributed by atoms with E-state index in [4.69, 9.17) is 0 Å². The molecule has 0 aliphatic heterocycles. The fraction of sp³-hybridized carbons (Fsp3) is 0.318. The van der Waals surface area contributed by atoms with Gasteiger partial charge in [-0.05, 0) is 61.1 Å². The third-order valence-corrected chi connectivity index (χ3v) is 5.61. The van der Waals surface area contributed by atoms with Gasteiger partial charge in [0.2, 0.25) is 5.91 Å². The lowest BCUT2D eigenvalue weighted by Crippen LogP contribution is -2.34. The molecule has 1 aromatic heterocycles. The summed E-state index contributed by atoms with van der Waals surface area (Å²) >= 11 is 0. The zero-order valence-corrected chi connectivity index (χ0v) is 15.2. The second-order valence-corrected chi connectivity index (χ2v) is 7.21. The first-order chi connectivity index (χ1) is 12.5. The Morgan fingerprint density at radius 2 is 2.08 bits per heavy atom. The van der Waals surface area contributed by atoms with Crippen molar-refractivity contribution in [3.05, 3.63) is 70.7 Å². The van der Waals surface area contributed by atoms with Crippen molar-refractivity contribution >= 4 is 16.8 Å². The summed E-state index contributed by atoms with van der Waals surface area (Å²) in [5.74, 6) is -0.209. The van der Waals surface area contributed by atoms with E-state index in [1.54, 1.807) is 6.07 Å². The number of rotatable bonds is 3.